The van der Waals surface area contributed by atoms with E-state index in [0.717, 1.165) is 22.3 Å². The summed E-state index contributed by atoms with van der Waals surface area (Å²) >= 11 is 0.123. The van der Waals surface area contributed by atoms with E-state index in [1.54, 1.807) is 12.1 Å². The predicted molar refractivity (Wildman–Crippen MR) is 93.1 cm³/mol. The van der Waals surface area contributed by atoms with Gasteiger partial charge in [-0.2, -0.15) is 0 Å². The van der Waals surface area contributed by atoms with Crippen LogP contribution >= 0.6 is 0 Å². The summed E-state index contributed by atoms with van der Waals surface area (Å²) in [5, 5.41) is 1.13. The molecule has 0 saturated heterocycles. The maximum absolute atomic E-state index is 13.2. The molecule has 3 aromatic carbocycles. The summed E-state index contributed by atoms with van der Waals surface area (Å²) in [6.07, 6.45) is 0. The van der Waals surface area contributed by atoms with Gasteiger partial charge in [0, 0.05) is 0 Å². The molecule has 112 valence electrons. The number of furan rings is 1. The average Bonchev–Trinajstić information content (AvgIpc) is 2.95. The van der Waals surface area contributed by atoms with Gasteiger partial charge in [-0.25, -0.2) is 0 Å². The van der Waals surface area contributed by atoms with Crippen molar-refractivity contribution in [3.63, 3.8) is 0 Å². The van der Waals surface area contributed by atoms with Crippen molar-refractivity contribution in [3.05, 3.63) is 84.7 Å². The van der Waals surface area contributed by atoms with Gasteiger partial charge in [0.1, 0.15) is 0 Å². The molecule has 0 fully saturated rings. The number of hydrogen-bond donors (Lipinski definition) is 0. The zero-order valence-electron chi connectivity index (χ0n) is 12.2. The standard InChI is InChI=1S/C20H13FOSe/c21-15-12-10-14(11-13-15)19-20(23-16-6-2-1-3-7-16)17-8-4-5-9-18(17)22-19/h1-13H. The van der Waals surface area contributed by atoms with E-state index in [1.165, 1.54) is 21.1 Å². The average molecular weight is 367 g/mol. The first-order valence-electron chi connectivity index (χ1n) is 7.31. The predicted octanol–water partition coefficient (Wildman–Crippen LogP) is 3.89. The van der Waals surface area contributed by atoms with Gasteiger partial charge in [-0.3, -0.25) is 0 Å². The third-order valence-corrected chi connectivity index (χ3v) is 5.96. The zero-order chi connectivity index (χ0) is 15.6. The first-order chi connectivity index (χ1) is 11.3. The van der Waals surface area contributed by atoms with E-state index in [0.29, 0.717) is 0 Å². The molecule has 0 atom stereocenters. The summed E-state index contributed by atoms with van der Waals surface area (Å²) in [5.74, 6) is 0.607. The fourth-order valence-corrected chi connectivity index (χ4v) is 4.74. The van der Waals surface area contributed by atoms with Gasteiger partial charge in [-0.05, 0) is 0 Å². The van der Waals surface area contributed by atoms with E-state index in [4.69, 9.17) is 4.42 Å². The number of halogens is 1. The van der Waals surface area contributed by atoms with Crippen LogP contribution in [-0.4, -0.2) is 15.0 Å². The molecule has 4 rings (SSSR count). The fraction of sp³-hybridized carbons (Fsp3) is 0. The van der Waals surface area contributed by atoms with E-state index < -0.39 is 0 Å². The molecule has 1 aromatic heterocycles. The van der Waals surface area contributed by atoms with Crippen LogP contribution in [-0.2, 0) is 0 Å². The van der Waals surface area contributed by atoms with Gasteiger partial charge in [0.25, 0.3) is 0 Å². The Morgan fingerprint density at radius 2 is 1.43 bits per heavy atom. The molecule has 4 aromatic rings. The number of benzene rings is 3. The van der Waals surface area contributed by atoms with E-state index in [9.17, 15) is 4.39 Å². The molecule has 0 spiro atoms. The van der Waals surface area contributed by atoms with Crippen LogP contribution in [0.25, 0.3) is 22.3 Å². The molecule has 0 N–H and O–H groups in total. The second kappa shape index (κ2) is 6.04. The van der Waals surface area contributed by atoms with E-state index >= 15 is 0 Å². The van der Waals surface area contributed by atoms with Crippen LogP contribution < -0.4 is 8.92 Å². The Balaban J connectivity index is 1.89. The zero-order valence-corrected chi connectivity index (χ0v) is 13.9. The summed E-state index contributed by atoms with van der Waals surface area (Å²) in [5.41, 5.74) is 1.79. The third kappa shape index (κ3) is 2.81. The molecule has 0 radical (unpaired) electrons. The minimum absolute atomic E-state index is 0.123. The summed E-state index contributed by atoms with van der Waals surface area (Å²) < 4.78 is 21.8. The molecule has 0 aliphatic rings. The quantitative estimate of drug-likeness (QED) is 0.501. The van der Waals surface area contributed by atoms with E-state index in [2.05, 4.69) is 30.3 Å². The molecule has 3 heteroatoms. The number of para-hydroxylation sites is 1. The van der Waals surface area contributed by atoms with Crippen LogP contribution in [0.15, 0.2) is 83.3 Å². The molecule has 1 heterocycles. The molecule has 0 aliphatic heterocycles. The molecule has 1 nitrogen and oxygen atoms in total. The van der Waals surface area contributed by atoms with Crippen molar-refractivity contribution in [1.82, 2.24) is 0 Å². The Labute approximate surface area is 139 Å². The van der Waals surface area contributed by atoms with Crippen molar-refractivity contribution in [2.45, 2.75) is 0 Å². The SMILES string of the molecule is Fc1ccc(-c2oc3ccccc3c2[Se]c2ccccc2)cc1. The summed E-state index contributed by atoms with van der Waals surface area (Å²) in [7, 11) is 0. The van der Waals surface area contributed by atoms with Gasteiger partial charge in [0.05, 0.1) is 0 Å². The van der Waals surface area contributed by atoms with E-state index in [1.807, 2.05) is 24.3 Å². The monoisotopic (exact) mass is 368 g/mol. The van der Waals surface area contributed by atoms with Crippen LogP contribution in [0.4, 0.5) is 4.39 Å². The van der Waals surface area contributed by atoms with Crippen LogP contribution in [0.1, 0.15) is 0 Å². The van der Waals surface area contributed by atoms with Gasteiger partial charge in [-0.15, -0.1) is 0 Å². The maximum atomic E-state index is 13.2. The van der Waals surface area contributed by atoms with Gasteiger partial charge in [0.15, 0.2) is 0 Å². The Bertz CT molecular complexity index is 942. The van der Waals surface area contributed by atoms with Gasteiger partial charge in [-0.1, -0.05) is 0 Å². The Hall–Kier alpha value is -2.35. The number of rotatable bonds is 3. The van der Waals surface area contributed by atoms with Crippen LogP contribution in [0.5, 0.6) is 0 Å². The minimum atomic E-state index is -0.236. The Morgan fingerprint density at radius 3 is 2.22 bits per heavy atom. The van der Waals surface area contributed by atoms with Crippen molar-refractivity contribution < 1.29 is 8.81 Å². The van der Waals surface area contributed by atoms with Crippen molar-refractivity contribution in [2.24, 2.45) is 0 Å². The van der Waals surface area contributed by atoms with E-state index in [-0.39, 0.29) is 20.8 Å². The van der Waals surface area contributed by atoms with Crippen LogP contribution in [0, 0.1) is 5.82 Å². The second-order valence-corrected chi connectivity index (χ2v) is 7.45. The molecule has 23 heavy (non-hydrogen) atoms. The first-order valence-corrected chi connectivity index (χ1v) is 9.03. The van der Waals surface area contributed by atoms with Crippen molar-refractivity contribution in [3.8, 4) is 11.3 Å². The summed E-state index contributed by atoms with van der Waals surface area (Å²) in [4.78, 5) is 0. The summed E-state index contributed by atoms with van der Waals surface area (Å²) in [6.45, 7) is 0. The van der Waals surface area contributed by atoms with Crippen molar-refractivity contribution >= 4 is 34.8 Å². The molecular formula is C20H13FOSe. The van der Waals surface area contributed by atoms with Gasteiger partial charge < -0.3 is 0 Å². The van der Waals surface area contributed by atoms with Crippen LogP contribution in [0.2, 0.25) is 0 Å². The van der Waals surface area contributed by atoms with Crippen molar-refractivity contribution in [2.75, 3.05) is 0 Å². The number of hydrogen-bond acceptors (Lipinski definition) is 1. The molecule has 0 saturated carbocycles. The fourth-order valence-electron chi connectivity index (χ4n) is 2.52. The summed E-state index contributed by atoms with van der Waals surface area (Å²) in [6, 6.07) is 25.0. The normalized spacial score (nSPS) is 11.0. The molecule has 0 bridgehead atoms. The first kappa shape index (κ1) is 14.3. The topological polar surface area (TPSA) is 13.1 Å². The van der Waals surface area contributed by atoms with Crippen LogP contribution in [0.3, 0.4) is 0 Å². The second-order valence-electron chi connectivity index (χ2n) is 5.18. The van der Waals surface area contributed by atoms with Gasteiger partial charge in [0.2, 0.25) is 0 Å². The number of fused-ring (bicyclic) bond motifs is 1. The molecule has 0 amide bonds. The molecule has 0 unspecified atom stereocenters. The molecule has 0 aliphatic carbocycles. The molecular weight excluding hydrogens is 354 g/mol. The third-order valence-electron chi connectivity index (χ3n) is 3.62. The Morgan fingerprint density at radius 1 is 0.739 bits per heavy atom. The Kier molecular flexibility index (Phi) is 3.74. The van der Waals surface area contributed by atoms with Gasteiger partial charge >= 0.3 is 140 Å². The van der Waals surface area contributed by atoms with Crippen molar-refractivity contribution in [1.29, 1.82) is 0 Å².